The van der Waals surface area contributed by atoms with Gasteiger partial charge in [-0.2, -0.15) is 0 Å². The van der Waals surface area contributed by atoms with Gasteiger partial charge in [-0.25, -0.2) is 13.8 Å². The van der Waals surface area contributed by atoms with Crippen LogP contribution in [-0.4, -0.2) is 24.7 Å². The summed E-state index contributed by atoms with van der Waals surface area (Å²) < 4.78 is 31.0. The number of nitrogens with one attached hydrogen (secondary N) is 1. The molecule has 0 aliphatic rings. The van der Waals surface area contributed by atoms with Crippen LogP contribution in [0.2, 0.25) is 0 Å². The normalized spacial score (nSPS) is 12.5. The van der Waals surface area contributed by atoms with Crippen LogP contribution in [-0.2, 0) is 4.74 Å². The minimum Gasteiger partial charge on any atom is -0.385 e. The molecule has 0 radical (unpaired) electrons. The van der Waals surface area contributed by atoms with E-state index in [0.29, 0.717) is 19.1 Å². The van der Waals surface area contributed by atoms with E-state index in [9.17, 15) is 8.78 Å². The van der Waals surface area contributed by atoms with Gasteiger partial charge in [0.2, 0.25) is 0 Å². The third kappa shape index (κ3) is 3.30. The number of hydrogen-bond acceptors (Lipinski definition) is 4. The molecule has 0 aromatic carbocycles. The van der Waals surface area contributed by atoms with Crippen molar-refractivity contribution in [2.75, 3.05) is 24.8 Å². The van der Waals surface area contributed by atoms with E-state index in [2.05, 4.69) is 10.3 Å². The first-order chi connectivity index (χ1) is 7.54. The summed E-state index contributed by atoms with van der Waals surface area (Å²) in [7, 11) is 1.58. The van der Waals surface area contributed by atoms with Gasteiger partial charge in [0.05, 0.1) is 0 Å². The van der Waals surface area contributed by atoms with Crippen molar-refractivity contribution >= 4 is 11.6 Å². The SMILES string of the molecule is COCCC(C)Nc1nc(N)c(F)cc1F. The van der Waals surface area contributed by atoms with E-state index < -0.39 is 11.6 Å². The van der Waals surface area contributed by atoms with Crippen LogP contribution in [0.5, 0.6) is 0 Å². The zero-order chi connectivity index (χ0) is 12.1. The van der Waals surface area contributed by atoms with Crippen LogP contribution in [0.25, 0.3) is 0 Å². The number of rotatable bonds is 5. The second-order valence-corrected chi connectivity index (χ2v) is 3.51. The Bertz CT molecular complexity index is 360. The average molecular weight is 231 g/mol. The van der Waals surface area contributed by atoms with Gasteiger partial charge in [0.25, 0.3) is 0 Å². The lowest BCUT2D eigenvalue weighted by molar-refractivity contribution is 0.191. The Kier molecular flexibility index (Phi) is 4.42. The molecule has 0 amide bonds. The molecule has 1 heterocycles. The van der Waals surface area contributed by atoms with Crippen LogP contribution in [0.3, 0.4) is 0 Å². The fraction of sp³-hybridized carbons (Fsp3) is 0.500. The standard InChI is InChI=1S/C10H15F2N3O/c1-6(3-4-16-2)14-10-8(12)5-7(11)9(13)15-10/h5-6H,3-4H2,1-2H3,(H3,13,14,15). The van der Waals surface area contributed by atoms with Crippen molar-refractivity contribution in [3.63, 3.8) is 0 Å². The largest absolute Gasteiger partial charge is 0.385 e. The summed E-state index contributed by atoms with van der Waals surface area (Å²) in [6.45, 7) is 2.39. The van der Waals surface area contributed by atoms with Gasteiger partial charge in [0.1, 0.15) is 0 Å². The first kappa shape index (κ1) is 12.6. The van der Waals surface area contributed by atoms with Gasteiger partial charge in [-0.15, -0.1) is 0 Å². The maximum Gasteiger partial charge on any atom is 0.168 e. The van der Waals surface area contributed by atoms with Crippen LogP contribution < -0.4 is 11.1 Å². The molecule has 1 aromatic rings. The number of anilines is 2. The second-order valence-electron chi connectivity index (χ2n) is 3.51. The number of pyridine rings is 1. The quantitative estimate of drug-likeness (QED) is 0.811. The molecule has 1 rings (SSSR count). The molecule has 0 aliphatic heterocycles. The summed E-state index contributed by atoms with van der Waals surface area (Å²) in [6, 6.07) is 0.681. The highest BCUT2D eigenvalue weighted by Crippen LogP contribution is 2.17. The maximum absolute atomic E-state index is 13.3. The monoisotopic (exact) mass is 231 g/mol. The van der Waals surface area contributed by atoms with Gasteiger partial charge in [0.15, 0.2) is 23.3 Å². The van der Waals surface area contributed by atoms with Crippen molar-refractivity contribution < 1.29 is 13.5 Å². The summed E-state index contributed by atoms with van der Waals surface area (Å²) in [6.07, 6.45) is 0.689. The summed E-state index contributed by atoms with van der Waals surface area (Å²) in [5, 5.41) is 2.80. The zero-order valence-electron chi connectivity index (χ0n) is 9.26. The lowest BCUT2D eigenvalue weighted by atomic mass is 10.2. The summed E-state index contributed by atoms with van der Waals surface area (Å²) in [5.41, 5.74) is 5.25. The van der Waals surface area contributed by atoms with Crippen molar-refractivity contribution in [1.82, 2.24) is 4.98 Å². The fourth-order valence-electron chi connectivity index (χ4n) is 1.18. The van der Waals surface area contributed by atoms with Crippen molar-refractivity contribution in [2.45, 2.75) is 19.4 Å². The fourth-order valence-corrected chi connectivity index (χ4v) is 1.18. The number of nitrogens with zero attached hydrogens (tertiary/aromatic N) is 1. The van der Waals surface area contributed by atoms with Crippen LogP contribution in [0.1, 0.15) is 13.3 Å². The van der Waals surface area contributed by atoms with Crippen molar-refractivity contribution in [1.29, 1.82) is 0 Å². The molecule has 0 aliphatic carbocycles. The Balaban J connectivity index is 2.69. The van der Waals surface area contributed by atoms with Crippen molar-refractivity contribution in [2.24, 2.45) is 0 Å². The smallest absolute Gasteiger partial charge is 0.168 e. The summed E-state index contributed by atoms with van der Waals surface area (Å²) in [5.74, 6) is -1.96. The van der Waals surface area contributed by atoms with Crippen LogP contribution in [0.15, 0.2) is 6.07 Å². The Morgan fingerprint density at radius 2 is 2.19 bits per heavy atom. The topological polar surface area (TPSA) is 60.2 Å². The highest BCUT2D eigenvalue weighted by molar-refractivity contribution is 5.45. The van der Waals surface area contributed by atoms with Crippen LogP contribution in [0, 0.1) is 11.6 Å². The van der Waals surface area contributed by atoms with E-state index in [0.717, 1.165) is 0 Å². The molecule has 6 heteroatoms. The van der Waals surface area contributed by atoms with Gasteiger partial charge >= 0.3 is 0 Å². The minimum absolute atomic E-state index is 0.0354. The number of nitrogens with two attached hydrogens (primary N) is 1. The van der Waals surface area contributed by atoms with Crippen LogP contribution in [0.4, 0.5) is 20.4 Å². The number of nitrogen functional groups attached to an aromatic ring is 1. The van der Waals surface area contributed by atoms with Crippen LogP contribution >= 0.6 is 0 Å². The molecular formula is C10H15F2N3O. The molecule has 4 nitrogen and oxygen atoms in total. The van der Waals surface area contributed by atoms with Gasteiger partial charge in [0, 0.05) is 25.8 Å². The van der Waals surface area contributed by atoms with E-state index in [4.69, 9.17) is 10.5 Å². The highest BCUT2D eigenvalue weighted by atomic mass is 19.1. The van der Waals surface area contributed by atoms with E-state index in [1.54, 1.807) is 7.11 Å². The van der Waals surface area contributed by atoms with Crippen molar-refractivity contribution in [3.05, 3.63) is 17.7 Å². The van der Waals surface area contributed by atoms with Crippen molar-refractivity contribution in [3.8, 4) is 0 Å². The lowest BCUT2D eigenvalue weighted by Crippen LogP contribution is -2.19. The summed E-state index contributed by atoms with van der Waals surface area (Å²) in [4.78, 5) is 3.60. The number of aromatic nitrogens is 1. The minimum atomic E-state index is -0.854. The Hall–Kier alpha value is -1.43. The first-order valence-corrected chi connectivity index (χ1v) is 4.91. The molecule has 3 N–H and O–H groups in total. The van der Waals surface area contributed by atoms with E-state index >= 15 is 0 Å². The Morgan fingerprint density at radius 1 is 1.50 bits per heavy atom. The molecular weight excluding hydrogens is 216 g/mol. The predicted octanol–water partition coefficient (Wildman–Crippen LogP) is 1.78. The van der Waals surface area contributed by atoms with E-state index in [1.807, 2.05) is 6.92 Å². The third-order valence-electron chi connectivity index (χ3n) is 2.09. The van der Waals surface area contributed by atoms with Gasteiger partial charge in [-0.05, 0) is 13.3 Å². The zero-order valence-corrected chi connectivity index (χ0v) is 9.26. The number of ether oxygens (including phenoxy) is 1. The number of methoxy groups -OCH3 is 1. The van der Waals surface area contributed by atoms with Gasteiger partial charge in [-0.1, -0.05) is 0 Å². The second kappa shape index (κ2) is 5.60. The molecule has 0 saturated heterocycles. The van der Waals surface area contributed by atoms with E-state index in [1.165, 1.54) is 0 Å². The molecule has 1 unspecified atom stereocenters. The lowest BCUT2D eigenvalue weighted by Gasteiger charge is -2.14. The first-order valence-electron chi connectivity index (χ1n) is 4.91. The number of hydrogen-bond donors (Lipinski definition) is 2. The van der Waals surface area contributed by atoms with E-state index in [-0.39, 0.29) is 17.7 Å². The predicted molar refractivity (Wildman–Crippen MR) is 58.1 cm³/mol. The molecule has 1 atom stereocenters. The van der Waals surface area contributed by atoms with Gasteiger partial charge < -0.3 is 15.8 Å². The third-order valence-corrected chi connectivity index (χ3v) is 2.09. The number of halogens is 2. The Morgan fingerprint density at radius 3 is 2.81 bits per heavy atom. The summed E-state index contributed by atoms with van der Waals surface area (Å²) >= 11 is 0. The highest BCUT2D eigenvalue weighted by Gasteiger charge is 2.11. The Labute approximate surface area is 92.8 Å². The molecule has 0 saturated carbocycles. The van der Waals surface area contributed by atoms with Gasteiger partial charge in [-0.3, -0.25) is 0 Å². The molecule has 0 bridgehead atoms. The average Bonchev–Trinajstić information content (AvgIpc) is 2.23. The molecule has 0 spiro atoms. The molecule has 0 fully saturated rings. The molecule has 1 aromatic heterocycles. The maximum atomic E-state index is 13.3. The molecule has 90 valence electrons. The molecule has 16 heavy (non-hydrogen) atoms.